The van der Waals surface area contributed by atoms with Crippen LogP contribution in [0.3, 0.4) is 0 Å². The number of likely N-dealkylation sites (N-methyl/N-ethyl adjacent to an activating group) is 1. The molecule has 2 saturated heterocycles. The van der Waals surface area contributed by atoms with E-state index >= 15 is 0 Å². The molecule has 0 aromatic rings. The first-order chi connectivity index (χ1) is 11.9. The molecule has 0 saturated carbocycles. The number of methoxy groups -OCH3 is 1. The first kappa shape index (κ1) is 24.7. The molecule has 2 heterocycles. The van der Waals surface area contributed by atoms with Crippen LogP contribution in [0.5, 0.6) is 0 Å². The first-order valence-corrected chi connectivity index (χ1v) is 8.34. The molecule has 0 spiro atoms. The average Bonchev–Trinajstić information content (AvgIpc) is 2.62. The van der Waals surface area contributed by atoms with Crippen LogP contribution in [0.25, 0.3) is 5.73 Å². The zero-order valence-corrected chi connectivity index (χ0v) is 18.0. The van der Waals surface area contributed by atoms with E-state index in [0.717, 1.165) is 0 Å². The molecule has 2 rings (SSSR count). The number of hydrogen-bond donors (Lipinski definition) is 5. The zero-order chi connectivity index (χ0) is 18.7. The normalized spacial score (nSPS) is 46.6. The summed E-state index contributed by atoms with van der Waals surface area (Å²) in [5.74, 6) is -0.328. The molecule has 11 heteroatoms. The van der Waals surface area contributed by atoms with Crippen molar-refractivity contribution < 1.29 is 72.1 Å². The minimum atomic E-state index is -1.29. The van der Waals surface area contributed by atoms with Gasteiger partial charge in [0.2, 0.25) is 0 Å². The van der Waals surface area contributed by atoms with Gasteiger partial charge in [0.25, 0.3) is 0 Å². The van der Waals surface area contributed by atoms with Crippen molar-refractivity contribution in [2.75, 3.05) is 27.4 Å². The van der Waals surface area contributed by atoms with E-state index in [0.29, 0.717) is 0 Å². The summed E-state index contributed by atoms with van der Waals surface area (Å²) in [7, 11) is 2.98. The maximum Gasteiger partial charge on any atom is 0.176 e. The molecule has 151 valence electrons. The van der Waals surface area contributed by atoms with Crippen molar-refractivity contribution in [3.05, 3.63) is 5.73 Å². The Morgan fingerprint density at radius 2 is 1.62 bits per heavy atom. The number of nitrogens with one attached hydrogen (secondary N) is 2. The molecule has 0 aliphatic carbocycles. The van der Waals surface area contributed by atoms with Crippen molar-refractivity contribution in [2.45, 2.75) is 62.1 Å². The van der Waals surface area contributed by atoms with Crippen LogP contribution in [0, 0.1) is 5.92 Å². The van der Waals surface area contributed by atoms with Crippen molar-refractivity contribution in [3.63, 3.8) is 0 Å². The number of rotatable bonds is 6. The summed E-state index contributed by atoms with van der Waals surface area (Å²) in [6, 6.07) is -1.75. The van der Waals surface area contributed by atoms with Crippen LogP contribution >= 0.6 is 0 Å². The smallest absolute Gasteiger partial charge is 0.176 e. The fourth-order valence-electron chi connectivity index (χ4n) is 3.31. The van der Waals surface area contributed by atoms with Crippen molar-refractivity contribution in [3.8, 4) is 0 Å². The Kier molecular flexibility index (Phi) is 10.5. The van der Waals surface area contributed by atoms with Gasteiger partial charge in [-0.2, -0.15) is 0 Å². The Hall–Kier alpha value is 0.704. The molecule has 2 aliphatic rings. The molecule has 0 amide bonds. The summed E-state index contributed by atoms with van der Waals surface area (Å²) in [4.78, 5) is 0. The third kappa shape index (κ3) is 5.00. The fourth-order valence-corrected chi connectivity index (χ4v) is 3.31. The van der Waals surface area contributed by atoms with E-state index in [-0.39, 0.29) is 45.2 Å². The van der Waals surface area contributed by atoms with Gasteiger partial charge < -0.3 is 50.4 Å². The predicted octanol–water partition coefficient (Wildman–Crippen LogP) is -2.18. The summed E-state index contributed by atoms with van der Waals surface area (Å²) in [6.07, 6.45) is -6.76. The number of hydrogen-bond acceptors (Lipinski definition) is 9. The molecule has 2 fully saturated rings. The zero-order valence-electron chi connectivity index (χ0n) is 15.2. The Balaban J connectivity index is 0.00000338. The second-order valence-electron chi connectivity index (χ2n) is 6.47. The van der Waals surface area contributed by atoms with E-state index < -0.39 is 61.8 Å². The van der Waals surface area contributed by atoms with Crippen LogP contribution in [0.2, 0.25) is 0 Å². The Morgan fingerprint density at radius 3 is 2.12 bits per heavy atom. The van der Waals surface area contributed by atoms with E-state index in [1.807, 2.05) is 0 Å². The van der Waals surface area contributed by atoms with Gasteiger partial charge in [-0.25, -0.2) is 0 Å². The summed E-state index contributed by atoms with van der Waals surface area (Å²) >= 11 is 0. The summed E-state index contributed by atoms with van der Waals surface area (Å²) < 4.78 is 22.0. The maximum atomic E-state index is 10.4. The van der Waals surface area contributed by atoms with Crippen molar-refractivity contribution in [1.82, 2.24) is 5.32 Å². The molecule has 0 aromatic carbocycles. The molecule has 0 bridgehead atoms. The van der Waals surface area contributed by atoms with E-state index in [4.69, 9.17) is 24.7 Å². The minimum Gasteiger partial charge on any atom is -0.668 e. The molecule has 10 nitrogen and oxygen atoms in total. The fraction of sp³-hybridized carbons (Fsp3) is 1.00. The van der Waals surface area contributed by atoms with Gasteiger partial charge in [-0.15, -0.1) is 0 Å². The monoisotopic (exact) mass is 454 g/mol. The second-order valence-corrected chi connectivity index (χ2v) is 6.47. The molecular formula is C15H29N2O8Y-. The summed E-state index contributed by atoms with van der Waals surface area (Å²) in [5, 5.41) is 42.7. The van der Waals surface area contributed by atoms with Gasteiger partial charge in [0.05, 0.1) is 37.6 Å². The van der Waals surface area contributed by atoms with Crippen LogP contribution in [0.1, 0.15) is 6.92 Å². The molecular weight excluding hydrogens is 425 g/mol. The Bertz CT molecular complexity index is 421. The van der Waals surface area contributed by atoms with E-state index in [1.54, 1.807) is 14.0 Å². The van der Waals surface area contributed by atoms with Crippen LogP contribution in [-0.4, -0.2) is 103 Å². The standard InChI is InChI=1S/C15H29N2O8.Y/c1-6-7(4-18)23-15(10(17-2)11(6)20)25-13-8(5-19)24-14(22-3)9(16)12(13)21;/h6-21H,4-5H2,1-3H3;/q-1;/t6-,7?,8+,9?,10?,11+,12?,13-,14-,15+;/m1./s1. The third-order valence-electron chi connectivity index (χ3n) is 4.99. The van der Waals surface area contributed by atoms with Crippen LogP contribution in [-0.2, 0) is 51.7 Å². The summed E-state index contributed by atoms with van der Waals surface area (Å²) in [5.41, 5.74) is 7.98. The molecule has 26 heavy (non-hydrogen) atoms. The van der Waals surface area contributed by atoms with Gasteiger partial charge >= 0.3 is 0 Å². The molecule has 2 aliphatic heterocycles. The van der Waals surface area contributed by atoms with Crippen molar-refractivity contribution in [2.24, 2.45) is 5.92 Å². The quantitative estimate of drug-likeness (QED) is 0.301. The Morgan fingerprint density at radius 1 is 1.04 bits per heavy atom. The predicted molar refractivity (Wildman–Crippen MR) is 85.5 cm³/mol. The van der Waals surface area contributed by atoms with E-state index in [9.17, 15) is 20.4 Å². The number of aliphatic hydroxyl groups is 4. The molecule has 10 atom stereocenters. The van der Waals surface area contributed by atoms with Crippen molar-refractivity contribution >= 4 is 0 Å². The van der Waals surface area contributed by atoms with E-state index in [1.165, 1.54) is 7.11 Å². The summed E-state index contributed by atoms with van der Waals surface area (Å²) in [6.45, 7) is 1.01. The molecule has 4 unspecified atom stereocenters. The SMILES string of the molecule is CNC1[C@H](O[C@H]2C(O)C([NH-])[C@H](OC)O[C@H]2CO)OC(CO)[C@@H](C)[C@@H]1O.[Y]. The van der Waals surface area contributed by atoms with Crippen LogP contribution < -0.4 is 5.32 Å². The average molecular weight is 454 g/mol. The number of ether oxygens (including phenoxy) is 4. The Labute approximate surface area is 178 Å². The molecule has 1 radical (unpaired) electrons. The van der Waals surface area contributed by atoms with Gasteiger partial charge in [0.15, 0.2) is 6.29 Å². The third-order valence-corrected chi connectivity index (χ3v) is 4.99. The van der Waals surface area contributed by atoms with Gasteiger partial charge in [-0.05, 0) is 7.05 Å². The topological polar surface area (TPSA) is 154 Å². The molecule has 6 N–H and O–H groups in total. The van der Waals surface area contributed by atoms with Gasteiger partial charge in [-0.3, -0.25) is 0 Å². The maximum absolute atomic E-state index is 10.4. The van der Waals surface area contributed by atoms with Crippen molar-refractivity contribution in [1.29, 1.82) is 0 Å². The van der Waals surface area contributed by atoms with Crippen LogP contribution in [0.4, 0.5) is 0 Å². The number of aliphatic hydroxyl groups excluding tert-OH is 4. The second kappa shape index (κ2) is 11.0. The minimum absolute atomic E-state index is 0. The van der Waals surface area contributed by atoms with Gasteiger partial charge in [0, 0.05) is 45.7 Å². The first-order valence-electron chi connectivity index (χ1n) is 8.34. The molecule has 0 aromatic heterocycles. The van der Waals surface area contributed by atoms with Gasteiger partial charge in [-0.1, -0.05) is 13.0 Å². The van der Waals surface area contributed by atoms with Crippen LogP contribution in [0.15, 0.2) is 0 Å². The van der Waals surface area contributed by atoms with Gasteiger partial charge in [0.1, 0.15) is 18.5 Å². The largest absolute Gasteiger partial charge is 0.668 e. The van der Waals surface area contributed by atoms with E-state index in [2.05, 4.69) is 5.32 Å².